The van der Waals surface area contributed by atoms with Crippen molar-refractivity contribution in [2.45, 2.75) is 32.1 Å². The van der Waals surface area contributed by atoms with E-state index < -0.39 is 0 Å². The van der Waals surface area contributed by atoms with Crippen molar-refractivity contribution in [1.29, 1.82) is 5.26 Å². The van der Waals surface area contributed by atoms with E-state index in [9.17, 15) is 9.90 Å². The van der Waals surface area contributed by atoms with E-state index in [0.717, 1.165) is 25.7 Å². The molecule has 0 aromatic heterocycles. The van der Waals surface area contributed by atoms with Crippen molar-refractivity contribution in [2.24, 2.45) is 5.41 Å². The number of hydrogen-bond donors (Lipinski definition) is 3. The lowest BCUT2D eigenvalue weighted by Gasteiger charge is -2.26. The molecule has 0 radical (unpaired) electrons. The molecule has 1 saturated carbocycles. The van der Waals surface area contributed by atoms with E-state index >= 15 is 0 Å². The molecule has 0 saturated heterocycles. The lowest BCUT2D eigenvalue weighted by Crippen LogP contribution is -2.40. The number of carbonyl (C=O) groups excluding carboxylic acids is 1. The minimum Gasteiger partial charge on any atom is -0.396 e. The fourth-order valence-electron chi connectivity index (χ4n) is 2.28. The summed E-state index contributed by atoms with van der Waals surface area (Å²) in [7, 11) is 0. The lowest BCUT2D eigenvalue weighted by atomic mass is 9.87. The van der Waals surface area contributed by atoms with E-state index in [1.54, 1.807) is 0 Å². The number of rotatable bonds is 7. The number of amides is 1. The topological polar surface area (TPSA) is 85.2 Å². The fraction of sp³-hybridized carbons (Fsp3) is 0.833. The largest absolute Gasteiger partial charge is 0.396 e. The smallest absolute Gasteiger partial charge is 0.233 e. The zero-order valence-electron chi connectivity index (χ0n) is 10.2. The van der Waals surface area contributed by atoms with Crippen molar-refractivity contribution in [3.8, 4) is 6.07 Å². The van der Waals surface area contributed by atoms with E-state index in [4.69, 9.17) is 5.26 Å². The first-order valence-electron chi connectivity index (χ1n) is 6.18. The third-order valence-electron chi connectivity index (χ3n) is 3.34. The summed E-state index contributed by atoms with van der Waals surface area (Å²) < 4.78 is 0. The van der Waals surface area contributed by atoms with Crippen LogP contribution < -0.4 is 10.6 Å². The Kier molecular flexibility index (Phi) is 5.95. The molecule has 3 N–H and O–H groups in total. The van der Waals surface area contributed by atoms with Gasteiger partial charge in [0.1, 0.15) is 0 Å². The number of nitrogens with one attached hydrogen (secondary N) is 2. The van der Waals surface area contributed by atoms with Gasteiger partial charge in [0, 0.05) is 25.1 Å². The van der Waals surface area contributed by atoms with E-state index in [-0.39, 0.29) is 24.5 Å². The van der Waals surface area contributed by atoms with Crippen LogP contribution in [-0.2, 0) is 4.79 Å². The lowest BCUT2D eigenvalue weighted by molar-refractivity contribution is -0.120. The average Bonchev–Trinajstić information content (AvgIpc) is 2.79. The van der Waals surface area contributed by atoms with Gasteiger partial charge in [-0.3, -0.25) is 4.79 Å². The highest BCUT2D eigenvalue weighted by molar-refractivity contribution is 5.77. The van der Waals surface area contributed by atoms with Crippen LogP contribution in [0, 0.1) is 16.7 Å². The SMILES string of the molecule is N#CCCNC(=O)CNCC1(CO)CCCC1. The molecule has 1 rings (SSSR count). The second-order valence-electron chi connectivity index (χ2n) is 4.73. The molecule has 1 amide bonds. The predicted octanol–water partition coefficient (Wildman–Crippen LogP) is 0.159. The van der Waals surface area contributed by atoms with Crippen LogP contribution in [0.5, 0.6) is 0 Å². The van der Waals surface area contributed by atoms with Crippen molar-refractivity contribution in [1.82, 2.24) is 10.6 Å². The Labute approximate surface area is 102 Å². The molecule has 1 fully saturated rings. The van der Waals surface area contributed by atoms with Gasteiger partial charge in [-0.2, -0.15) is 5.26 Å². The van der Waals surface area contributed by atoms with E-state index in [1.165, 1.54) is 0 Å². The van der Waals surface area contributed by atoms with Crippen LogP contribution in [0.15, 0.2) is 0 Å². The fourth-order valence-corrected chi connectivity index (χ4v) is 2.28. The second-order valence-corrected chi connectivity index (χ2v) is 4.73. The van der Waals surface area contributed by atoms with Gasteiger partial charge in [0.2, 0.25) is 5.91 Å². The standard InChI is InChI=1S/C12H21N3O2/c13-6-3-7-15-11(17)8-14-9-12(10-16)4-1-2-5-12/h14,16H,1-5,7-10H2,(H,15,17). The average molecular weight is 239 g/mol. The third kappa shape index (κ3) is 4.72. The summed E-state index contributed by atoms with van der Waals surface area (Å²) in [5.74, 6) is -0.0914. The summed E-state index contributed by atoms with van der Waals surface area (Å²) in [6, 6.07) is 1.97. The summed E-state index contributed by atoms with van der Waals surface area (Å²) in [5, 5.41) is 23.4. The van der Waals surface area contributed by atoms with Crippen LogP contribution in [0.25, 0.3) is 0 Å². The van der Waals surface area contributed by atoms with E-state index in [1.807, 2.05) is 6.07 Å². The van der Waals surface area contributed by atoms with Gasteiger partial charge in [0.25, 0.3) is 0 Å². The Bertz CT molecular complexity index is 280. The van der Waals surface area contributed by atoms with Crippen molar-refractivity contribution in [3.63, 3.8) is 0 Å². The molecule has 0 bridgehead atoms. The molecule has 5 heteroatoms. The Morgan fingerprint density at radius 2 is 2.12 bits per heavy atom. The Hall–Kier alpha value is -1.12. The molecule has 0 unspecified atom stereocenters. The summed E-state index contributed by atoms with van der Waals surface area (Å²) in [6.07, 6.45) is 4.73. The number of nitriles is 1. The molecule has 0 atom stereocenters. The first-order chi connectivity index (χ1) is 8.22. The Balaban J connectivity index is 2.14. The molecule has 0 heterocycles. The highest BCUT2D eigenvalue weighted by Gasteiger charge is 2.32. The molecule has 5 nitrogen and oxygen atoms in total. The highest BCUT2D eigenvalue weighted by Crippen LogP contribution is 2.36. The van der Waals surface area contributed by atoms with Gasteiger partial charge >= 0.3 is 0 Å². The first kappa shape index (κ1) is 13.9. The van der Waals surface area contributed by atoms with Gasteiger partial charge in [0.05, 0.1) is 19.0 Å². The molecule has 96 valence electrons. The summed E-state index contributed by atoms with van der Waals surface area (Å²) in [6.45, 7) is 1.54. The van der Waals surface area contributed by atoms with Gasteiger partial charge in [-0.15, -0.1) is 0 Å². The van der Waals surface area contributed by atoms with Crippen LogP contribution in [0.4, 0.5) is 0 Å². The Morgan fingerprint density at radius 1 is 1.41 bits per heavy atom. The monoisotopic (exact) mass is 239 g/mol. The molecule has 0 aromatic carbocycles. The van der Waals surface area contributed by atoms with Gasteiger partial charge in [-0.25, -0.2) is 0 Å². The molecular weight excluding hydrogens is 218 g/mol. The molecule has 1 aliphatic rings. The zero-order valence-corrected chi connectivity index (χ0v) is 10.2. The van der Waals surface area contributed by atoms with Gasteiger partial charge in [0.15, 0.2) is 0 Å². The quantitative estimate of drug-likeness (QED) is 0.552. The summed E-state index contributed by atoms with van der Waals surface area (Å²) >= 11 is 0. The van der Waals surface area contributed by atoms with Crippen molar-refractivity contribution < 1.29 is 9.90 Å². The van der Waals surface area contributed by atoms with Gasteiger partial charge < -0.3 is 15.7 Å². The van der Waals surface area contributed by atoms with Crippen LogP contribution in [-0.4, -0.2) is 37.3 Å². The zero-order chi connectivity index (χ0) is 12.6. The van der Waals surface area contributed by atoms with Gasteiger partial charge in [-0.1, -0.05) is 12.8 Å². The molecule has 1 aliphatic carbocycles. The predicted molar refractivity (Wildman–Crippen MR) is 64.1 cm³/mol. The maximum atomic E-state index is 11.3. The number of aliphatic hydroxyl groups is 1. The van der Waals surface area contributed by atoms with E-state index in [0.29, 0.717) is 19.5 Å². The minimum absolute atomic E-state index is 0.0209. The molecular formula is C12H21N3O2. The van der Waals surface area contributed by atoms with Gasteiger partial charge in [-0.05, 0) is 12.8 Å². The maximum absolute atomic E-state index is 11.3. The summed E-state index contributed by atoms with van der Waals surface area (Å²) in [5.41, 5.74) is -0.0209. The second kappa shape index (κ2) is 7.25. The molecule has 0 aliphatic heterocycles. The number of carbonyl (C=O) groups is 1. The molecule has 17 heavy (non-hydrogen) atoms. The van der Waals surface area contributed by atoms with Crippen LogP contribution >= 0.6 is 0 Å². The maximum Gasteiger partial charge on any atom is 0.233 e. The van der Waals surface area contributed by atoms with Crippen molar-refractivity contribution in [3.05, 3.63) is 0 Å². The summed E-state index contributed by atoms with van der Waals surface area (Å²) in [4.78, 5) is 11.3. The van der Waals surface area contributed by atoms with E-state index in [2.05, 4.69) is 10.6 Å². The normalized spacial score (nSPS) is 17.6. The highest BCUT2D eigenvalue weighted by atomic mass is 16.3. The van der Waals surface area contributed by atoms with Crippen LogP contribution in [0.3, 0.4) is 0 Å². The third-order valence-corrected chi connectivity index (χ3v) is 3.34. The van der Waals surface area contributed by atoms with Crippen LogP contribution in [0.2, 0.25) is 0 Å². The first-order valence-corrected chi connectivity index (χ1v) is 6.18. The minimum atomic E-state index is -0.0914. The van der Waals surface area contributed by atoms with Crippen molar-refractivity contribution >= 4 is 5.91 Å². The number of hydrogen-bond acceptors (Lipinski definition) is 4. The number of nitrogens with zero attached hydrogens (tertiary/aromatic N) is 1. The molecule has 0 aromatic rings. The number of aliphatic hydroxyl groups excluding tert-OH is 1. The van der Waals surface area contributed by atoms with Crippen LogP contribution in [0.1, 0.15) is 32.1 Å². The Morgan fingerprint density at radius 3 is 2.71 bits per heavy atom. The van der Waals surface area contributed by atoms with Crippen molar-refractivity contribution in [2.75, 3.05) is 26.2 Å². The molecule has 0 spiro atoms.